The Labute approximate surface area is 110 Å². The highest BCUT2D eigenvalue weighted by Crippen LogP contribution is 2.29. The van der Waals surface area contributed by atoms with Gasteiger partial charge in [0.25, 0.3) is 0 Å². The van der Waals surface area contributed by atoms with E-state index in [9.17, 15) is 5.11 Å². The van der Waals surface area contributed by atoms with Gasteiger partial charge >= 0.3 is 0 Å². The SMILES string of the molecule is Cc1cc(C(O)Cc2ccncc2Cl)sc1C. The first-order valence-electron chi connectivity index (χ1n) is 5.41. The number of halogens is 1. The van der Waals surface area contributed by atoms with Gasteiger partial charge in [0.2, 0.25) is 0 Å². The van der Waals surface area contributed by atoms with E-state index >= 15 is 0 Å². The van der Waals surface area contributed by atoms with Gasteiger partial charge in [-0.2, -0.15) is 0 Å². The van der Waals surface area contributed by atoms with Gasteiger partial charge in [-0.3, -0.25) is 4.98 Å². The Hall–Kier alpha value is -0.900. The second kappa shape index (κ2) is 5.17. The maximum Gasteiger partial charge on any atom is 0.0922 e. The van der Waals surface area contributed by atoms with Gasteiger partial charge < -0.3 is 5.11 Å². The summed E-state index contributed by atoms with van der Waals surface area (Å²) in [7, 11) is 0. The van der Waals surface area contributed by atoms with Crippen molar-refractivity contribution >= 4 is 22.9 Å². The average Bonchev–Trinajstić information content (AvgIpc) is 2.63. The predicted octanol–water partition coefficient (Wildman–Crippen LogP) is 3.69. The highest BCUT2D eigenvalue weighted by atomic mass is 35.5. The summed E-state index contributed by atoms with van der Waals surface area (Å²) in [4.78, 5) is 6.18. The van der Waals surface area contributed by atoms with Gasteiger partial charge in [-0.05, 0) is 37.1 Å². The topological polar surface area (TPSA) is 33.1 Å². The molecule has 4 heteroatoms. The number of aliphatic hydroxyl groups is 1. The predicted molar refractivity (Wildman–Crippen MR) is 71.7 cm³/mol. The van der Waals surface area contributed by atoms with Crippen LogP contribution >= 0.6 is 22.9 Å². The van der Waals surface area contributed by atoms with Crippen molar-refractivity contribution in [2.24, 2.45) is 0 Å². The molecular formula is C13H14ClNOS. The van der Waals surface area contributed by atoms with E-state index < -0.39 is 6.10 Å². The van der Waals surface area contributed by atoms with Gasteiger partial charge in [0, 0.05) is 28.6 Å². The lowest BCUT2D eigenvalue weighted by atomic mass is 10.1. The van der Waals surface area contributed by atoms with Crippen molar-refractivity contribution < 1.29 is 5.11 Å². The van der Waals surface area contributed by atoms with Crippen molar-refractivity contribution in [2.45, 2.75) is 26.4 Å². The van der Waals surface area contributed by atoms with Crippen molar-refractivity contribution in [3.8, 4) is 0 Å². The van der Waals surface area contributed by atoms with Crippen LogP contribution in [0.3, 0.4) is 0 Å². The standard InChI is InChI=1S/C13H14ClNOS/c1-8-5-13(17-9(8)2)12(16)6-10-3-4-15-7-11(10)14/h3-5,7,12,16H,6H2,1-2H3. The molecule has 0 radical (unpaired) electrons. The van der Waals surface area contributed by atoms with Crippen LogP contribution in [0, 0.1) is 13.8 Å². The molecule has 1 N–H and O–H groups in total. The highest BCUT2D eigenvalue weighted by Gasteiger charge is 2.13. The molecule has 17 heavy (non-hydrogen) atoms. The summed E-state index contributed by atoms with van der Waals surface area (Å²) in [5, 5.41) is 10.8. The lowest BCUT2D eigenvalue weighted by molar-refractivity contribution is 0.182. The highest BCUT2D eigenvalue weighted by molar-refractivity contribution is 7.12. The van der Waals surface area contributed by atoms with Gasteiger partial charge in [-0.15, -0.1) is 11.3 Å². The first-order chi connectivity index (χ1) is 8.08. The van der Waals surface area contributed by atoms with Crippen LogP contribution < -0.4 is 0 Å². The third-order valence-electron chi connectivity index (χ3n) is 2.78. The first-order valence-corrected chi connectivity index (χ1v) is 6.60. The molecule has 0 aromatic carbocycles. The van der Waals surface area contributed by atoms with Crippen molar-refractivity contribution in [3.05, 3.63) is 50.4 Å². The van der Waals surface area contributed by atoms with E-state index in [0.717, 1.165) is 10.4 Å². The fraction of sp³-hybridized carbons (Fsp3) is 0.308. The van der Waals surface area contributed by atoms with Crippen LogP contribution in [-0.2, 0) is 6.42 Å². The second-order valence-corrected chi connectivity index (χ2v) is 5.77. The summed E-state index contributed by atoms with van der Waals surface area (Å²) in [5.41, 5.74) is 2.16. The van der Waals surface area contributed by atoms with Crippen LogP contribution in [0.15, 0.2) is 24.5 Å². The molecule has 0 bridgehead atoms. The maximum atomic E-state index is 10.2. The number of hydrogen-bond acceptors (Lipinski definition) is 3. The molecule has 0 fully saturated rings. The van der Waals surface area contributed by atoms with Crippen LogP contribution in [-0.4, -0.2) is 10.1 Å². The molecule has 2 aromatic heterocycles. The average molecular weight is 268 g/mol. The molecule has 1 atom stereocenters. The molecule has 1 unspecified atom stereocenters. The van der Waals surface area contributed by atoms with E-state index in [1.807, 2.05) is 12.1 Å². The quantitative estimate of drug-likeness (QED) is 0.920. The van der Waals surface area contributed by atoms with E-state index in [1.165, 1.54) is 10.4 Å². The van der Waals surface area contributed by atoms with Crippen LogP contribution in [0.5, 0.6) is 0 Å². The number of nitrogens with zero attached hydrogens (tertiary/aromatic N) is 1. The van der Waals surface area contributed by atoms with E-state index in [-0.39, 0.29) is 0 Å². The normalized spacial score (nSPS) is 12.7. The summed E-state index contributed by atoms with van der Waals surface area (Å²) in [6.45, 7) is 4.12. The molecule has 90 valence electrons. The van der Waals surface area contributed by atoms with Crippen molar-refractivity contribution in [1.82, 2.24) is 4.98 Å². The Kier molecular flexibility index (Phi) is 3.82. The van der Waals surface area contributed by atoms with Crippen molar-refractivity contribution in [1.29, 1.82) is 0 Å². The van der Waals surface area contributed by atoms with Crippen LogP contribution in [0.4, 0.5) is 0 Å². The Morgan fingerprint density at radius 2 is 2.24 bits per heavy atom. The number of pyridine rings is 1. The van der Waals surface area contributed by atoms with Gasteiger partial charge in [0.1, 0.15) is 0 Å². The molecule has 2 aromatic rings. The zero-order chi connectivity index (χ0) is 12.4. The summed E-state index contributed by atoms with van der Waals surface area (Å²) in [6.07, 6.45) is 3.33. The summed E-state index contributed by atoms with van der Waals surface area (Å²) >= 11 is 7.66. The van der Waals surface area contributed by atoms with Gasteiger partial charge in [-0.25, -0.2) is 0 Å². The molecular weight excluding hydrogens is 254 g/mol. The number of aliphatic hydroxyl groups excluding tert-OH is 1. The smallest absolute Gasteiger partial charge is 0.0922 e. The van der Waals surface area contributed by atoms with Gasteiger partial charge in [0.15, 0.2) is 0 Å². The van der Waals surface area contributed by atoms with Crippen LogP contribution in [0.1, 0.15) is 27.0 Å². The van der Waals surface area contributed by atoms with E-state index in [2.05, 4.69) is 18.8 Å². The largest absolute Gasteiger partial charge is 0.387 e. The molecule has 0 amide bonds. The van der Waals surface area contributed by atoms with Crippen LogP contribution in [0.2, 0.25) is 5.02 Å². The summed E-state index contributed by atoms with van der Waals surface area (Å²) < 4.78 is 0. The number of rotatable bonds is 3. The van der Waals surface area contributed by atoms with E-state index in [0.29, 0.717) is 11.4 Å². The zero-order valence-electron chi connectivity index (χ0n) is 9.77. The fourth-order valence-corrected chi connectivity index (χ4v) is 2.87. The molecule has 2 rings (SSSR count). The van der Waals surface area contributed by atoms with Gasteiger partial charge in [-0.1, -0.05) is 11.6 Å². The zero-order valence-corrected chi connectivity index (χ0v) is 11.3. The molecule has 0 saturated carbocycles. The Balaban J connectivity index is 2.17. The second-order valence-electron chi connectivity index (χ2n) is 4.07. The number of aromatic nitrogens is 1. The maximum absolute atomic E-state index is 10.2. The van der Waals surface area contributed by atoms with Crippen molar-refractivity contribution in [3.63, 3.8) is 0 Å². The third kappa shape index (κ3) is 2.86. The number of aryl methyl sites for hydroxylation is 2. The van der Waals surface area contributed by atoms with E-state index in [4.69, 9.17) is 11.6 Å². The van der Waals surface area contributed by atoms with E-state index in [1.54, 1.807) is 23.7 Å². The Morgan fingerprint density at radius 3 is 2.82 bits per heavy atom. The first kappa shape index (κ1) is 12.6. The summed E-state index contributed by atoms with van der Waals surface area (Å²) in [6, 6.07) is 3.89. The van der Waals surface area contributed by atoms with Gasteiger partial charge in [0.05, 0.1) is 11.1 Å². The molecule has 2 nitrogen and oxygen atoms in total. The molecule has 0 aliphatic heterocycles. The Morgan fingerprint density at radius 1 is 1.47 bits per heavy atom. The molecule has 0 saturated heterocycles. The molecule has 0 spiro atoms. The lowest BCUT2D eigenvalue weighted by Gasteiger charge is -2.09. The Bertz CT molecular complexity index is 504. The third-order valence-corrected chi connectivity index (χ3v) is 4.38. The number of hydrogen-bond donors (Lipinski definition) is 1. The molecule has 2 heterocycles. The van der Waals surface area contributed by atoms with Crippen LogP contribution in [0.25, 0.3) is 0 Å². The summed E-state index contributed by atoms with van der Waals surface area (Å²) in [5.74, 6) is 0. The molecule has 0 aliphatic rings. The minimum Gasteiger partial charge on any atom is -0.387 e. The minimum absolute atomic E-state index is 0.493. The number of thiophene rings is 1. The molecule has 0 aliphatic carbocycles. The monoisotopic (exact) mass is 267 g/mol. The van der Waals surface area contributed by atoms with Crippen molar-refractivity contribution in [2.75, 3.05) is 0 Å². The lowest BCUT2D eigenvalue weighted by Crippen LogP contribution is -2.00. The minimum atomic E-state index is -0.493. The fourth-order valence-electron chi connectivity index (χ4n) is 1.64.